The Morgan fingerprint density at radius 1 is 1.58 bits per heavy atom. The zero-order valence-electron chi connectivity index (χ0n) is 11.0. The quantitative estimate of drug-likeness (QED) is 0.900. The average Bonchev–Trinajstić information content (AvgIpc) is 2.46. The van der Waals surface area contributed by atoms with Crippen LogP contribution in [0.2, 0.25) is 0 Å². The summed E-state index contributed by atoms with van der Waals surface area (Å²) in [5.41, 5.74) is 6.63. The summed E-state index contributed by atoms with van der Waals surface area (Å²) in [4.78, 5) is 1.98. The molecule has 0 spiro atoms. The summed E-state index contributed by atoms with van der Waals surface area (Å²) in [5.74, 6) is -0.367. The Bertz CT molecular complexity index is 486. The molecule has 0 saturated carbocycles. The standard InChI is InChI=1S/C14H18FN3O/c1-19-12-4-5-18(11(7-12)9-17)14-3-2-10(8-16)6-13(14)15/h2-3,6,11-12H,4-5,7,9,17H2,1H3. The molecule has 1 aliphatic heterocycles. The smallest absolute Gasteiger partial charge is 0.147 e. The number of rotatable bonds is 3. The van der Waals surface area contributed by atoms with Gasteiger partial charge in [-0.05, 0) is 31.0 Å². The number of piperidine rings is 1. The van der Waals surface area contributed by atoms with E-state index in [0.29, 0.717) is 24.3 Å². The van der Waals surface area contributed by atoms with Gasteiger partial charge in [0.25, 0.3) is 0 Å². The average molecular weight is 263 g/mol. The van der Waals surface area contributed by atoms with Crippen LogP contribution in [0.4, 0.5) is 10.1 Å². The Balaban J connectivity index is 2.23. The minimum Gasteiger partial charge on any atom is -0.381 e. The van der Waals surface area contributed by atoms with Crippen molar-refractivity contribution in [3.63, 3.8) is 0 Å². The molecule has 2 atom stereocenters. The van der Waals surface area contributed by atoms with Gasteiger partial charge in [0.1, 0.15) is 5.82 Å². The third kappa shape index (κ3) is 2.86. The second-order valence-corrected chi connectivity index (χ2v) is 4.74. The van der Waals surface area contributed by atoms with Crippen LogP contribution in [-0.2, 0) is 4.74 Å². The maximum atomic E-state index is 14.0. The highest BCUT2D eigenvalue weighted by Gasteiger charge is 2.29. The van der Waals surface area contributed by atoms with Crippen LogP contribution in [0.3, 0.4) is 0 Å². The first-order valence-corrected chi connectivity index (χ1v) is 6.38. The van der Waals surface area contributed by atoms with Crippen molar-refractivity contribution in [2.45, 2.75) is 25.0 Å². The third-order valence-corrected chi connectivity index (χ3v) is 3.66. The number of halogens is 1. The molecule has 0 aromatic heterocycles. The number of nitrogens with zero attached hydrogens (tertiary/aromatic N) is 2. The van der Waals surface area contributed by atoms with Crippen molar-refractivity contribution in [1.82, 2.24) is 0 Å². The largest absolute Gasteiger partial charge is 0.381 e. The van der Waals surface area contributed by atoms with Gasteiger partial charge in [-0.1, -0.05) is 0 Å². The lowest BCUT2D eigenvalue weighted by Gasteiger charge is -2.40. The Morgan fingerprint density at radius 3 is 2.95 bits per heavy atom. The molecule has 4 nitrogen and oxygen atoms in total. The Kier molecular flexibility index (Phi) is 4.35. The molecule has 1 fully saturated rings. The molecule has 0 bridgehead atoms. The number of ether oxygens (including phenoxy) is 1. The summed E-state index contributed by atoms with van der Waals surface area (Å²) in [6.45, 7) is 1.17. The summed E-state index contributed by atoms with van der Waals surface area (Å²) in [7, 11) is 1.69. The number of hydrogen-bond acceptors (Lipinski definition) is 4. The highest BCUT2D eigenvalue weighted by Crippen LogP contribution is 2.28. The molecule has 19 heavy (non-hydrogen) atoms. The van der Waals surface area contributed by atoms with Gasteiger partial charge >= 0.3 is 0 Å². The first kappa shape index (κ1) is 13.8. The van der Waals surface area contributed by atoms with E-state index >= 15 is 0 Å². The molecule has 2 unspecified atom stereocenters. The first-order valence-electron chi connectivity index (χ1n) is 6.38. The molecule has 1 aromatic rings. The van der Waals surface area contributed by atoms with Crippen LogP contribution in [0.5, 0.6) is 0 Å². The van der Waals surface area contributed by atoms with E-state index in [1.165, 1.54) is 6.07 Å². The van der Waals surface area contributed by atoms with Crippen LogP contribution in [0.15, 0.2) is 18.2 Å². The molecular formula is C14H18FN3O. The second-order valence-electron chi connectivity index (χ2n) is 4.74. The SMILES string of the molecule is COC1CCN(c2ccc(C#N)cc2F)C(CN)C1. The van der Waals surface area contributed by atoms with Gasteiger partial charge in [0.05, 0.1) is 23.4 Å². The second kappa shape index (κ2) is 6.00. The van der Waals surface area contributed by atoms with Gasteiger partial charge in [0.15, 0.2) is 0 Å². The molecule has 2 rings (SSSR count). The molecule has 0 amide bonds. The van der Waals surface area contributed by atoms with Gasteiger partial charge < -0.3 is 15.4 Å². The highest BCUT2D eigenvalue weighted by atomic mass is 19.1. The third-order valence-electron chi connectivity index (χ3n) is 3.66. The highest BCUT2D eigenvalue weighted by molar-refractivity contribution is 5.52. The van der Waals surface area contributed by atoms with E-state index in [1.807, 2.05) is 11.0 Å². The van der Waals surface area contributed by atoms with E-state index < -0.39 is 0 Å². The number of hydrogen-bond donors (Lipinski definition) is 1. The van der Waals surface area contributed by atoms with Crippen molar-refractivity contribution in [3.8, 4) is 6.07 Å². The van der Waals surface area contributed by atoms with Gasteiger partial charge in [0, 0.05) is 26.2 Å². The summed E-state index contributed by atoms with van der Waals surface area (Å²) < 4.78 is 19.4. The number of nitriles is 1. The van der Waals surface area contributed by atoms with Crippen LogP contribution in [0.25, 0.3) is 0 Å². The normalized spacial score (nSPS) is 23.2. The maximum Gasteiger partial charge on any atom is 0.147 e. The molecular weight excluding hydrogens is 245 g/mol. The van der Waals surface area contributed by atoms with E-state index in [-0.39, 0.29) is 18.0 Å². The Labute approximate surface area is 112 Å². The van der Waals surface area contributed by atoms with Crippen LogP contribution >= 0.6 is 0 Å². The fourth-order valence-electron chi connectivity index (χ4n) is 2.58. The molecule has 0 aliphatic carbocycles. The van der Waals surface area contributed by atoms with Gasteiger partial charge in [0.2, 0.25) is 0 Å². The molecule has 0 radical (unpaired) electrons. The van der Waals surface area contributed by atoms with Crippen molar-refractivity contribution >= 4 is 5.69 Å². The van der Waals surface area contributed by atoms with E-state index in [1.54, 1.807) is 19.2 Å². The summed E-state index contributed by atoms with van der Waals surface area (Å²) in [5, 5.41) is 8.76. The molecule has 2 N–H and O–H groups in total. The van der Waals surface area contributed by atoms with Crippen molar-refractivity contribution in [2.24, 2.45) is 5.73 Å². The minimum absolute atomic E-state index is 0.0705. The Hall–Kier alpha value is -1.64. The number of methoxy groups -OCH3 is 1. The van der Waals surface area contributed by atoms with E-state index in [0.717, 1.165) is 12.8 Å². The van der Waals surface area contributed by atoms with E-state index in [4.69, 9.17) is 15.7 Å². The van der Waals surface area contributed by atoms with Crippen LogP contribution in [-0.4, -0.2) is 32.3 Å². The molecule has 5 heteroatoms. The minimum atomic E-state index is -0.367. The zero-order chi connectivity index (χ0) is 13.8. The monoisotopic (exact) mass is 263 g/mol. The van der Waals surface area contributed by atoms with Crippen LogP contribution < -0.4 is 10.6 Å². The van der Waals surface area contributed by atoms with Crippen molar-refractivity contribution in [3.05, 3.63) is 29.6 Å². The molecule has 1 aromatic carbocycles. The van der Waals surface area contributed by atoms with Gasteiger partial charge in [-0.15, -0.1) is 0 Å². The van der Waals surface area contributed by atoms with Gasteiger partial charge in [-0.2, -0.15) is 5.26 Å². The molecule has 102 valence electrons. The lowest BCUT2D eigenvalue weighted by Crippen LogP contribution is -2.49. The molecule has 1 saturated heterocycles. The van der Waals surface area contributed by atoms with Gasteiger partial charge in [-0.3, -0.25) is 0 Å². The number of anilines is 1. The summed E-state index contributed by atoms with van der Waals surface area (Å²) in [6.07, 6.45) is 1.84. The predicted molar refractivity (Wildman–Crippen MR) is 71.3 cm³/mol. The number of benzene rings is 1. The first-order chi connectivity index (χ1) is 9.19. The molecule has 1 aliphatic rings. The van der Waals surface area contributed by atoms with E-state index in [9.17, 15) is 4.39 Å². The van der Waals surface area contributed by atoms with Crippen molar-refractivity contribution in [2.75, 3.05) is 25.1 Å². The maximum absolute atomic E-state index is 14.0. The van der Waals surface area contributed by atoms with E-state index in [2.05, 4.69) is 0 Å². The predicted octanol–water partition coefficient (Wildman–Crippen LogP) is 1.64. The zero-order valence-corrected chi connectivity index (χ0v) is 11.0. The lowest BCUT2D eigenvalue weighted by molar-refractivity contribution is 0.0708. The van der Waals surface area contributed by atoms with Crippen LogP contribution in [0, 0.1) is 17.1 Å². The van der Waals surface area contributed by atoms with Crippen molar-refractivity contribution < 1.29 is 9.13 Å². The Morgan fingerprint density at radius 2 is 2.37 bits per heavy atom. The topological polar surface area (TPSA) is 62.3 Å². The molecule has 1 heterocycles. The van der Waals surface area contributed by atoms with Crippen LogP contribution in [0.1, 0.15) is 18.4 Å². The lowest BCUT2D eigenvalue weighted by atomic mass is 9.98. The van der Waals surface area contributed by atoms with Gasteiger partial charge in [-0.25, -0.2) is 4.39 Å². The fraction of sp³-hybridized carbons (Fsp3) is 0.500. The number of nitrogens with two attached hydrogens (primary N) is 1. The fourth-order valence-corrected chi connectivity index (χ4v) is 2.58. The summed E-state index contributed by atoms with van der Waals surface area (Å²) in [6, 6.07) is 6.57. The van der Waals surface area contributed by atoms with Crippen molar-refractivity contribution in [1.29, 1.82) is 5.26 Å². The summed E-state index contributed by atoms with van der Waals surface area (Å²) >= 11 is 0.